The fourth-order valence-electron chi connectivity index (χ4n) is 1.63. The standard InChI is InChI=1S/C9H13BrN2O/c1-12-5-4-11-6-7(12)8-2-3-9(10)13-8/h2-3,7,11H,4-6H2,1H3. The average molecular weight is 245 g/mol. The highest BCUT2D eigenvalue weighted by Gasteiger charge is 2.22. The smallest absolute Gasteiger partial charge is 0.169 e. The Kier molecular flexibility index (Phi) is 2.71. The summed E-state index contributed by atoms with van der Waals surface area (Å²) in [6.45, 7) is 3.11. The first-order valence-electron chi connectivity index (χ1n) is 4.43. The number of likely N-dealkylation sites (N-methyl/N-ethyl adjacent to an activating group) is 1. The molecular weight excluding hydrogens is 232 g/mol. The number of halogens is 1. The van der Waals surface area contributed by atoms with Gasteiger partial charge in [-0.3, -0.25) is 4.90 Å². The molecule has 1 unspecified atom stereocenters. The first kappa shape index (κ1) is 9.24. The monoisotopic (exact) mass is 244 g/mol. The highest BCUT2D eigenvalue weighted by Crippen LogP contribution is 2.24. The molecule has 0 amide bonds. The summed E-state index contributed by atoms with van der Waals surface area (Å²) in [4.78, 5) is 2.31. The second-order valence-corrected chi connectivity index (χ2v) is 4.12. The van der Waals surface area contributed by atoms with Crippen LogP contribution in [0, 0.1) is 0 Å². The van der Waals surface area contributed by atoms with E-state index in [4.69, 9.17) is 4.42 Å². The molecule has 0 aliphatic carbocycles. The second-order valence-electron chi connectivity index (χ2n) is 3.34. The minimum atomic E-state index is 0.375. The van der Waals surface area contributed by atoms with E-state index in [1.54, 1.807) is 0 Å². The zero-order valence-electron chi connectivity index (χ0n) is 7.59. The van der Waals surface area contributed by atoms with E-state index in [9.17, 15) is 0 Å². The Hall–Kier alpha value is -0.320. The van der Waals surface area contributed by atoms with Crippen molar-refractivity contribution >= 4 is 15.9 Å². The predicted octanol–water partition coefficient (Wildman–Crippen LogP) is 1.62. The van der Waals surface area contributed by atoms with Gasteiger partial charge in [-0.15, -0.1) is 0 Å². The molecule has 1 N–H and O–H groups in total. The molecule has 13 heavy (non-hydrogen) atoms. The summed E-state index contributed by atoms with van der Waals surface area (Å²) < 4.78 is 6.34. The minimum Gasteiger partial charge on any atom is -0.453 e. The molecule has 0 saturated carbocycles. The topological polar surface area (TPSA) is 28.4 Å². The second kappa shape index (κ2) is 3.82. The molecule has 1 saturated heterocycles. The van der Waals surface area contributed by atoms with Crippen LogP contribution in [0.3, 0.4) is 0 Å². The van der Waals surface area contributed by atoms with Crippen LogP contribution in [-0.4, -0.2) is 31.6 Å². The van der Waals surface area contributed by atoms with Gasteiger partial charge in [0.05, 0.1) is 6.04 Å². The molecule has 1 fully saturated rings. The van der Waals surface area contributed by atoms with Gasteiger partial charge < -0.3 is 9.73 Å². The van der Waals surface area contributed by atoms with E-state index in [2.05, 4.69) is 33.2 Å². The number of hydrogen-bond acceptors (Lipinski definition) is 3. The van der Waals surface area contributed by atoms with Gasteiger partial charge in [0.2, 0.25) is 0 Å². The lowest BCUT2D eigenvalue weighted by atomic mass is 10.1. The van der Waals surface area contributed by atoms with Crippen molar-refractivity contribution in [3.8, 4) is 0 Å². The van der Waals surface area contributed by atoms with Crippen LogP contribution in [0.5, 0.6) is 0 Å². The largest absolute Gasteiger partial charge is 0.453 e. The van der Waals surface area contributed by atoms with Gasteiger partial charge in [-0.2, -0.15) is 0 Å². The van der Waals surface area contributed by atoms with E-state index in [-0.39, 0.29) is 0 Å². The lowest BCUT2D eigenvalue weighted by Gasteiger charge is -2.31. The third kappa shape index (κ3) is 1.95. The molecule has 72 valence electrons. The van der Waals surface area contributed by atoms with Crippen molar-refractivity contribution in [1.82, 2.24) is 10.2 Å². The van der Waals surface area contributed by atoms with Crippen LogP contribution in [-0.2, 0) is 0 Å². The third-order valence-electron chi connectivity index (χ3n) is 2.43. The van der Waals surface area contributed by atoms with E-state index in [1.807, 2.05) is 12.1 Å². The first-order chi connectivity index (χ1) is 6.27. The van der Waals surface area contributed by atoms with Crippen LogP contribution in [0.4, 0.5) is 0 Å². The molecule has 0 aromatic carbocycles. The summed E-state index contributed by atoms with van der Waals surface area (Å²) in [5.41, 5.74) is 0. The van der Waals surface area contributed by atoms with Gasteiger partial charge in [-0.1, -0.05) is 0 Å². The van der Waals surface area contributed by atoms with Crippen molar-refractivity contribution < 1.29 is 4.42 Å². The van der Waals surface area contributed by atoms with Crippen LogP contribution in [0.1, 0.15) is 11.8 Å². The summed E-state index contributed by atoms with van der Waals surface area (Å²) >= 11 is 3.31. The van der Waals surface area contributed by atoms with Crippen molar-refractivity contribution in [2.24, 2.45) is 0 Å². The quantitative estimate of drug-likeness (QED) is 0.814. The number of nitrogens with one attached hydrogen (secondary N) is 1. The fraction of sp³-hybridized carbons (Fsp3) is 0.556. The average Bonchev–Trinajstić information content (AvgIpc) is 2.53. The molecular formula is C9H13BrN2O. The number of rotatable bonds is 1. The fourth-order valence-corrected chi connectivity index (χ4v) is 1.95. The van der Waals surface area contributed by atoms with Gasteiger partial charge in [-0.25, -0.2) is 0 Å². The van der Waals surface area contributed by atoms with Crippen molar-refractivity contribution in [3.05, 3.63) is 22.6 Å². The maximum Gasteiger partial charge on any atom is 0.169 e. The molecule has 2 heterocycles. The Morgan fingerprint density at radius 3 is 3.08 bits per heavy atom. The van der Waals surface area contributed by atoms with Gasteiger partial charge in [0.1, 0.15) is 5.76 Å². The van der Waals surface area contributed by atoms with E-state index in [0.717, 1.165) is 30.1 Å². The summed E-state index contributed by atoms with van der Waals surface area (Å²) in [6, 6.07) is 4.34. The van der Waals surface area contributed by atoms with Gasteiger partial charge in [-0.05, 0) is 35.1 Å². The van der Waals surface area contributed by atoms with E-state index < -0.39 is 0 Å². The molecule has 0 bridgehead atoms. The Morgan fingerprint density at radius 1 is 1.62 bits per heavy atom. The zero-order valence-corrected chi connectivity index (χ0v) is 9.17. The zero-order chi connectivity index (χ0) is 9.26. The SMILES string of the molecule is CN1CCNCC1c1ccc(Br)o1. The van der Waals surface area contributed by atoms with Crippen LogP contribution in [0.2, 0.25) is 0 Å². The van der Waals surface area contributed by atoms with Crippen LogP contribution in [0.25, 0.3) is 0 Å². The predicted molar refractivity (Wildman–Crippen MR) is 54.6 cm³/mol. The molecule has 2 rings (SSSR count). The molecule has 1 aromatic heterocycles. The van der Waals surface area contributed by atoms with Crippen molar-refractivity contribution in [3.63, 3.8) is 0 Å². The van der Waals surface area contributed by atoms with Crippen LogP contribution < -0.4 is 5.32 Å². The minimum absolute atomic E-state index is 0.375. The molecule has 1 aliphatic heterocycles. The normalized spacial score (nSPS) is 24.9. The van der Waals surface area contributed by atoms with Crippen LogP contribution in [0.15, 0.2) is 21.2 Å². The van der Waals surface area contributed by atoms with E-state index >= 15 is 0 Å². The van der Waals surface area contributed by atoms with Gasteiger partial charge in [0.15, 0.2) is 4.67 Å². The van der Waals surface area contributed by atoms with Crippen molar-refractivity contribution in [1.29, 1.82) is 0 Å². The maximum absolute atomic E-state index is 5.53. The van der Waals surface area contributed by atoms with Crippen molar-refractivity contribution in [2.75, 3.05) is 26.7 Å². The lowest BCUT2D eigenvalue weighted by Crippen LogP contribution is -2.43. The Bertz CT molecular complexity index is 287. The number of hydrogen-bond donors (Lipinski definition) is 1. The molecule has 0 radical (unpaired) electrons. The summed E-state index contributed by atoms with van der Waals surface area (Å²) in [5, 5.41) is 3.36. The van der Waals surface area contributed by atoms with E-state index in [0.29, 0.717) is 6.04 Å². The number of piperazine rings is 1. The number of furan rings is 1. The molecule has 1 atom stereocenters. The highest BCUT2D eigenvalue weighted by atomic mass is 79.9. The molecule has 1 aliphatic rings. The molecule has 4 heteroatoms. The lowest BCUT2D eigenvalue weighted by molar-refractivity contribution is 0.177. The Morgan fingerprint density at radius 2 is 2.46 bits per heavy atom. The molecule has 1 aromatic rings. The van der Waals surface area contributed by atoms with Gasteiger partial charge >= 0.3 is 0 Å². The van der Waals surface area contributed by atoms with Gasteiger partial charge in [0.25, 0.3) is 0 Å². The Balaban J connectivity index is 2.14. The third-order valence-corrected chi connectivity index (χ3v) is 2.86. The van der Waals surface area contributed by atoms with E-state index in [1.165, 1.54) is 0 Å². The first-order valence-corrected chi connectivity index (χ1v) is 5.23. The van der Waals surface area contributed by atoms with Crippen molar-refractivity contribution in [2.45, 2.75) is 6.04 Å². The van der Waals surface area contributed by atoms with Gasteiger partial charge in [0, 0.05) is 19.6 Å². The Labute approximate surface area is 86.2 Å². The molecule has 3 nitrogen and oxygen atoms in total. The summed E-state index contributed by atoms with van der Waals surface area (Å²) in [6.07, 6.45) is 0. The summed E-state index contributed by atoms with van der Waals surface area (Å²) in [7, 11) is 2.13. The maximum atomic E-state index is 5.53. The highest BCUT2D eigenvalue weighted by molar-refractivity contribution is 9.10. The number of nitrogens with zero attached hydrogens (tertiary/aromatic N) is 1. The molecule has 0 spiro atoms. The van der Waals surface area contributed by atoms with Crippen LogP contribution >= 0.6 is 15.9 Å². The summed E-state index contributed by atoms with van der Waals surface area (Å²) in [5.74, 6) is 1.03.